The average molecular weight is 207 g/mol. The number of rotatable bonds is 3. The highest BCUT2D eigenvalue weighted by Gasteiger charge is 2.02. The number of carbonyl (C=O) groups excluding carboxylic acids is 1. The van der Waals surface area contributed by atoms with Gasteiger partial charge in [0.15, 0.2) is 0 Å². The molecule has 5 nitrogen and oxygen atoms in total. The predicted octanol–water partition coefficient (Wildman–Crippen LogP) is 1.04. The van der Waals surface area contributed by atoms with Crippen molar-refractivity contribution < 1.29 is 9.63 Å². The molecular formula is C10H13N3O2. The van der Waals surface area contributed by atoms with Crippen LogP contribution in [-0.4, -0.2) is 31.3 Å². The Morgan fingerprint density at radius 2 is 2.33 bits per heavy atom. The van der Waals surface area contributed by atoms with Crippen molar-refractivity contribution >= 4 is 18.0 Å². The van der Waals surface area contributed by atoms with Crippen LogP contribution in [0.25, 0.3) is 0 Å². The van der Waals surface area contributed by atoms with Crippen LogP contribution in [0.3, 0.4) is 0 Å². The zero-order valence-corrected chi connectivity index (χ0v) is 8.97. The Balaban J connectivity index is 2.84. The molecule has 0 fully saturated rings. The smallest absolute Gasteiger partial charge is 0.331 e. The molecule has 5 heteroatoms. The van der Waals surface area contributed by atoms with Crippen molar-refractivity contribution in [2.24, 2.45) is 5.16 Å². The summed E-state index contributed by atoms with van der Waals surface area (Å²) in [4.78, 5) is 21.0. The van der Waals surface area contributed by atoms with Crippen molar-refractivity contribution in [3.63, 3.8) is 0 Å². The van der Waals surface area contributed by atoms with E-state index in [1.54, 1.807) is 12.3 Å². The van der Waals surface area contributed by atoms with E-state index in [1.165, 1.54) is 13.1 Å². The maximum Gasteiger partial charge on any atom is 0.331 e. The number of aromatic nitrogens is 1. The summed E-state index contributed by atoms with van der Waals surface area (Å²) in [6.07, 6.45) is 3.15. The molecule has 1 aromatic heterocycles. The van der Waals surface area contributed by atoms with Gasteiger partial charge in [0, 0.05) is 32.8 Å². The first-order chi connectivity index (χ1) is 7.11. The van der Waals surface area contributed by atoms with Gasteiger partial charge in [-0.15, -0.1) is 0 Å². The molecule has 0 atom stereocenters. The van der Waals surface area contributed by atoms with Crippen molar-refractivity contribution in [3.8, 4) is 0 Å². The maximum atomic E-state index is 10.5. The Bertz CT molecular complexity index is 375. The minimum absolute atomic E-state index is 0.443. The van der Waals surface area contributed by atoms with Crippen LogP contribution in [0, 0.1) is 0 Å². The molecule has 1 aromatic rings. The second-order valence-electron chi connectivity index (χ2n) is 3.13. The maximum absolute atomic E-state index is 10.5. The normalized spacial score (nSPS) is 10.3. The summed E-state index contributed by atoms with van der Waals surface area (Å²) in [5.41, 5.74) is 0.795. The molecule has 1 rings (SSSR count). The van der Waals surface area contributed by atoms with E-state index in [2.05, 4.69) is 15.0 Å². The van der Waals surface area contributed by atoms with Gasteiger partial charge in [-0.05, 0) is 12.1 Å². The molecule has 0 saturated carbocycles. The summed E-state index contributed by atoms with van der Waals surface area (Å²) in [6, 6.07) is 3.64. The van der Waals surface area contributed by atoms with Crippen molar-refractivity contribution in [3.05, 3.63) is 23.9 Å². The number of hydrogen-bond acceptors (Lipinski definition) is 5. The van der Waals surface area contributed by atoms with Gasteiger partial charge < -0.3 is 9.74 Å². The molecule has 0 radical (unpaired) electrons. The molecule has 0 amide bonds. The van der Waals surface area contributed by atoms with Crippen LogP contribution < -0.4 is 4.90 Å². The largest absolute Gasteiger partial charge is 0.362 e. The third-order valence-corrected chi connectivity index (χ3v) is 1.61. The molecule has 1 heterocycles. The van der Waals surface area contributed by atoms with E-state index in [9.17, 15) is 4.79 Å². The zero-order valence-electron chi connectivity index (χ0n) is 8.97. The molecule has 80 valence electrons. The quantitative estimate of drug-likeness (QED) is 0.422. The minimum Gasteiger partial charge on any atom is -0.362 e. The van der Waals surface area contributed by atoms with Gasteiger partial charge in [-0.1, -0.05) is 5.16 Å². The number of anilines is 1. The summed E-state index contributed by atoms with van der Waals surface area (Å²) in [7, 11) is 3.76. The topological polar surface area (TPSA) is 54.8 Å². The van der Waals surface area contributed by atoms with Crippen LogP contribution in [0.15, 0.2) is 23.5 Å². The zero-order chi connectivity index (χ0) is 11.3. The van der Waals surface area contributed by atoms with Gasteiger partial charge in [-0.2, -0.15) is 0 Å². The Hall–Kier alpha value is -1.91. The average Bonchev–Trinajstić information content (AvgIpc) is 2.17. The predicted molar refractivity (Wildman–Crippen MR) is 57.9 cm³/mol. The van der Waals surface area contributed by atoms with Crippen LogP contribution in [0.4, 0.5) is 5.82 Å². The first-order valence-corrected chi connectivity index (χ1v) is 4.44. The summed E-state index contributed by atoms with van der Waals surface area (Å²) in [6.45, 7) is 1.30. The number of nitrogens with zero attached hydrogens (tertiary/aromatic N) is 3. The van der Waals surface area contributed by atoms with Gasteiger partial charge in [-0.3, -0.25) is 0 Å². The Morgan fingerprint density at radius 1 is 1.60 bits per heavy atom. The summed E-state index contributed by atoms with van der Waals surface area (Å²) in [5.74, 6) is 0.329. The fourth-order valence-electron chi connectivity index (χ4n) is 1.04. The Kier molecular flexibility index (Phi) is 3.79. The fraction of sp³-hybridized carbons (Fsp3) is 0.300. The summed E-state index contributed by atoms with van der Waals surface area (Å²) in [5, 5.41) is 3.54. The highest BCUT2D eigenvalue weighted by Crippen LogP contribution is 2.11. The highest BCUT2D eigenvalue weighted by atomic mass is 16.7. The molecule has 0 aromatic carbocycles. The summed E-state index contributed by atoms with van der Waals surface area (Å²) >= 11 is 0. The number of hydrogen-bond donors (Lipinski definition) is 0. The number of carbonyl (C=O) groups is 1. The monoisotopic (exact) mass is 207 g/mol. The lowest BCUT2D eigenvalue weighted by Crippen LogP contribution is -2.12. The molecule has 0 aliphatic carbocycles. The summed E-state index contributed by atoms with van der Waals surface area (Å²) < 4.78 is 0. The highest BCUT2D eigenvalue weighted by molar-refractivity contribution is 5.86. The molecule has 0 bridgehead atoms. The van der Waals surface area contributed by atoms with Gasteiger partial charge in [0.2, 0.25) is 0 Å². The molecule has 0 aliphatic rings. The second kappa shape index (κ2) is 5.09. The lowest BCUT2D eigenvalue weighted by atomic mass is 10.3. The molecule has 0 unspecified atom stereocenters. The van der Waals surface area contributed by atoms with Crippen LogP contribution in [-0.2, 0) is 9.63 Å². The first kappa shape index (κ1) is 11.2. The molecular weight excluding hydrogens is 194 g/mol. The molecule has 0 saturated heterocycles. The van der Waals surface area contributed by atoms with Crippen molar-refractivity contribution in [1.82, 2.24) is 4.98 Å². The number of oxime groups is 1. The van der Waals surface area contributed by atoms with Gasteiger partial charge in [0.1, 0.15) is 5.82 Å². The second-order valence-corrected chi connectivity index (χ2v) is 3.13. The van der Waals surface area contributed by atoms with Gasteiger partial charge in [0.25, 0.3) is 0 Å². The van der Waals surface area contributed by atoms with Crippen molar-refractivity contribution in [1.29, 1.82) is 0 Å². The fourth-order valence-corrected chi connectivity index (χ4v) is 1.04. The third-order valence-electron chi connectivity index (χ3n) is 1.61. The first-order valence-electron chi connectivity index (χ1n) is 4.44. The van der Waals surface area contributed by atoms with Crippen LogP contribution in [0.5, 0.6) is 0 Å². The van der Waals surface area contributed by atoms with Gasteiger partial charge >= 0.3 is 5.97 Å². The standard InChI is InChI=1S/C10H13N3O2/c1-8(14)15-12-7-9-5-4-6-11-10(9)13(2)3/h4-7H,1-3H3. The Labute approximate surface area is 88.4 Å². The van der Waals surface area contributed by atoms with E-state index in [-0.39, 0.29) is 0 Å². The SMILES string of the molecule is CC(=O)ON=Cc1cccnc1N(C)C. The van der Waals surface area contributed by atoms with Crippen LogP contribution in [0.2, 0.25) is 0 Å². The molecule has 15 heavy (non-hydrogen) atoms. The van der Waals surface area contributed by atoms with Crippen LogP contribution >= 0.6 is 0 Å². The van der Waals surface area contributed by atoms with E-state index < -0.39 is 5.97 Å². The molecule has 0 N–H and O–H groups in total. The van der Waals surface area contributed by atoms with E-state index in [1.807, 2.05) is 25.1 Å². The van der Waals surface area contributed by atoms with Crippen molar-refractivity contribution in [2.45, 2.75) is 6.92 Å². The van der Waals surface area contributed by atoms with Crippen molar-refractivity contribution in [2.75, 3.05) is 19.0 Å². The van der Waals surface area contributed by atoms with Gasteiger partial charge in [0.05, 0.1) is 6.21 Å². The van der Waals surface area contributed by atoms with Gasteiger partial charge in [-0.25, -0.2) is 9.78 Å². The Morgan fingerprint density at radius 3 is 2.93 bits per heavy atom. The van der Waals surface area contributed by atoms with E-state index in [0.717, 1.165) is 11.4 Å². The lowest BCUT2D eigenvalue weighted by Gasteiger charge is -2.12. The lowest BCUT2D eigenvalue weighted by molar-refractivity contribution is -0.140. The number of pyridine rings is 1. The van der Waals surface area contributed by atoms with E-state index in [0.29, 0.717) is 0 Å². The third kappa shape index (κ3) is 3.38. The van der Waals surface area contributed by atoms with Crippen LogP contribution in [0.1, 0.15) is 12.5 Å². The molecule has 0 spiro atoms. The minimum atomic E-state index is -0.443. The van der Waals surface area contributed by atoms with E-state index in [4.69, 9.17) is 0 Å². The molecule has 0 aliphatic heterocycles. The van der Waals surface area contributed by atoms with E-state index >= 15 is 0 Å².